The lowest BCUT2D eigenvalue weighted by atomic mass is 10.2. The first-order chi connectivity index (χ1) is 13.7. The van der Waals surface area contributed by atoms with E-state index in [1.54, 1.807) is 7.11 Å². The van der Waals surface area contributed by atoms with Crippen LogP contribution in [0.1, 0.15) is 12.8 Å². The van der Waals surface area contributed by atoms with Crippen molar-refractivity contribution < 1.29 is 9.53 Å². The smallest absolute Gasteiger partial charge is 0.243 e. The van der Waals surface area contributed by atoms with Gasteiger partial charge in [-0.05, 0) is 43.2 Å². The zero-order valence-electron chi connectivity index (χ0n) is 15.8. The van der Waals surface area contributed by atoms with E-state index < -0.39 is 0 Å². The maximum Gasteiger partial charge on any atom is 0.243 e. The van der Waals surface area contributed by atoms with Gasteiger partial charge >= 0.3 is 0 Å². The van der Waals surface area contributed by atoms with Gasteiger partial charge in [-0.2, -0.15) is 4.98 Å². The van der Waals surface area contributed by atoms with E-state index in [0.29, 0.717) is 11.8 Å². The molecule has 3 aromatic rings. The number of carbonyl (C=O) groups is 1. The predicted octanol–water partition coefficient (Wildman–Crippen LogP) is 3.29. The van der Waals surface area contributed by atoms with Gasteiger partial charge in [0.25, 0.3) is 0 Å². The van der Waals surface area contributed by atoms with Crippen molar-refractivity contribution in [2.45, 2.75) is 12.8 Å². The molecule has 1 amide bonds. The molecule has 4 rings (SSSR count). The molecule has 2 aromatic carbocycles. The third kappa shape index (κ3) is 3.98. The van der Waals surface area contributed by atoms with E-state index in [4.69, 9.17) is 14.7 Å². The molecular weight excluding hydrogens is 354 g/mol. The molecule has 7 heteroatoms. The first-order valence-corrected chi connectivity index (χ1v) is 9.42. The molecule has 28 heavy (non-hydrogen) atoms. The van der Waals surface area contributed by atoms with Gasteiger partial charge in [-0.25, -0.2) is 4.98 Å². The van der Waals surface area contributed by atoms with Gasteiger partial charge in [-0.15, -0.1) is 0 Å². The number of aromatic nitrogens is 2. The topological polar surface area (TPSA) is 79.4 Å². The number of hydrogen-bond acceptors (Lipinski definition) is 6. The number of benzene rings is 2. The normalized spacial score (nSPS) is 13.5. The van der Waals surface area contributed by atoms with Gasteiger partial charge in [0.1, 0.15) is 11.6 Å². The quantitative estimate of drug-likeness (QED) is 0.686. The Hall–Kier alpha value is -3.35. The molecule has 1 aromatic heterocycles. The van der Waals surface area contributed by atoms with Crippen molar-refractivity contribution in [1.82, 2.24) is 9.97 Å². The first kappa shape index (κ1) is 18.0. The maximum atomic E-state index is 12.3. The highest BCUT2D eigenvalue weighted by Gasteiger charge is 2.18. The van der Waals surface area contributed by atoms with Crippen molar-refractivity contribution in [3.05, 3.63) is 48.5 Å². The summed E-state index contributed by atoms with van der Waals surface area (Å²) in [5.74, 6) is 1.92. The summed E-state index contributed by atoms with van der Waals surface area (Å²) in [6, 6.07) is 15.1. The molecule has 0 spiro atoms. The Balaban J connectivity index is 1.58. The van der Waals surface area contributed by atoms with Crippen LogP contribution in [0.15, 0.2) is 48.5 Å². The lowest BCUT2D eigenvalue weighted by Crippen LogP contribution is -2.24. The van der Waals surface area contributed by atoms with E-state index >= 15 is 0 Å². The summed E-state index contributed by atoms with van der Waals surface area (Å²) in [5.41, 5.74) is 1.59. The minimum Gasteiger partial charge on any atom is -0.497 e. The van der Waals surface area contributed by atoms with E-state index in [1.165, 1.54) is 0 Å². The number of fused-ring (bicyclic) bond motifs is 1. The number of carbonyl (C=O) groups excluding carboxylic acids is 1. The van der Waals surface area contributed by atoms with Crippen LogP contribution in [-0.4, -0.2) is 42.6 Å². The average Bonchev–Trinajstić information content (AvgIpc) is 3.27. The lowest BCUT2D eigenvalue weighted by molar-refractivity contribution is -0.114. The molecule has 1 fully saturated rings. The molecule has 2 N–H and O–H groups in total. The molecule has 7 nitrogen and oxygen atoms in total. The van der Waals surface area contributed by atoms with Crippen molar-refractivity contribution in [3.63, 3.8) is 0 Å². The van der Waals surface area contributed by atoms with Crippen LogP contribution in [0.5, 0.6) is 5.75 Å². The summed E-state index contributed by atoms with van der Waals surface area (Å²) in [5, 5.41) is 6.88. The average molecular weight is 377 g/mol. The van der Waals surface area contributed by atoms with Crippen molar-refractivity contribution in [2.24, 2.45) is 0 Å². The summed E-state index contributed by atoms with van der Waals surface area (Å²) >= 11 is 0. The molecular formula is C21H23N5O2. The number of hydrogen-bond donors (Lipinski definition) is 2. The van der Waals surface area contributed by atoms with E-state index in [-0.39, 0.29) is 12.5 Å². The number of para-hydroxylation sites is 1. The minimum atomic E-state index is -0.136. The number of ether oxygens (including phenoxy) is 1. The van der Waals surface area contributed by atoms with Crippen LogP contribution < -0.4 is 20.3 Å². The summed E-state index contributed by atoms with van der Waals surface area (Å²) < 4.78 is 5.34. The van der Waals surface area contributed by atoms with Crippen LogP contribution in [-0.2, 0) is 4.79 Å². The molecule has 0 saturated carbocycles. The van der Waals surface area contributed by atoms with Crippen LogP contribution in [0.4, 0.5) is 17.5 Å². The Morgan fingerprint density at radius 2 is 1.89 bits per heavy atom. The minimum absolute atomic E-state index is 0.109. The van der Waals surface area contributed by atoms with Crippen LogP contribution in [0.25, 0.3) is 10.9 Å². The molecule has 0 aliphatic carbocycles. The van der Waals surface area contributed by atoms with E-state index in [9.17, 15) is 4.79 Å². The molecule has 1 saturated heterocycles. The fraction of sp³-hybridized carbons (Fsp3) is 0.286. The Kier molecular flexibility index (Phi) is 5.23. The van der Waals surface area contributed by atoms with E-state index in [0.717, 1.165) is 48.3 Å². The Morgan fingerprint density at radius 3 is 2.64 bits per heavy atom. The summed E-state index contributed by atoms with van der Waals surface area (Å²) in [6.45, 7) is 2.02. The molecule has 0 radical (unpaired) electrons. The van der Waals surface area contributed by atoms with Crippen molar-refractivity contribution in [1.29, 1.82) is 0 Å². The SMILES string of the molecule is COc1ccc2nc(N3CCCC3)nc(NCC(=O)Nc3ccccc3)c2c1. The summed E-state index contributed by atoms with van der Waals surface area (Å²) in [4.78, 5) is 23.9. The molecule has 1 aliphatic heterocycles. The lowest BCUT2D eigenvalue weighted by Gasteiger charge is -2.18. The Labute approximate surface area is 163 Å². The Morgan fingerprint density at radius 1 is 1.11 bits per heavy atom. The zero-order valence-corrected chi connectivity index (χ0v) is 15.8. The first-order valence-electron chi connectivity index (χ1n) is 9.42. The highest BCUT2D eigenvalue weighted by Crippen LogP contribution is 2.28. The standard InChI is InChI=1S/C21H23N5O2/c1-28-16-9-10-18-17(13-16)20(25-21(24-18)26-11-5-6-12-26)22-14-19(27)23-15-7-3-2-4-8-15/h2-4,7-10,13H,5-6,11-12,14H2,1H3,(H,23,27)(H,22,24,25). The van der Waals surface area contributed by atoms with Crippen LogP contribution in [0.3, 0.4) is 0 Å². The zero-order chi connectivity index (χ0) is 19.3. The van der Waals surface area contributed by atoms with Gasteiger partial charge in [0.2, 0.25) is 11.9 Å². The molecule has 0 atom stereocenters. The monoisotopic (exact) mass is 377 g/mol. The van der Waals surface area contributed by atoms with E-state index in [2.05, 4.69) is 15.5 Å². The molecule has 1 aliphatic rings. The van der Waals surface area contributed by atoms with Gasteiger partial charge in [0, 0.05) is 24.2 Å². The second-order valence-electron chi connectivity index (χ2n) is 6.72. The molecule has 0 unspecified atom stereocenters. The fourth-order valence-electron chi connectivity index (χ4n) is 3.31. The maximum absolute atomic E-state index is 12.3. The number of methoxy groups -OCH3 is 1. The van der Waals surface area contributed by atoms with Crippen LogP contribution in [0, 0.1) is 0 Å². The van der Waals surface area contributed by atoms with Gasteiger partial charge in [-0.1, -0.05) is 18.2 Å². The predicted molar refractivity (Wildman–Crippen MR) is 111 cm³/mol. The van der Waals surface area contributed by atoms with Gasteiger partial charge in [0.05, 0.1) is 19.2 Å². The van der Waals surface area contributed by atoms with Crippen molar-refractivity contribution in [3.8, 4) is 5.75 Å². The van der Waals surface area contributed by atoms with Crippen molar-refractivity contribution >= 4 is 34.3 Å². The number of anilines is 3. The summed E-state index contributed by atoms with van der Waals surface area (Å²) in [6.07, 6.45) is 2.29. The van der Waals surface area contributed by atoms with Gasteiger partial charge in [0.15, 0.2) is 0 Å². The summed E-state index contributed by atoms with van der Waals surface area (Å²) in [7, 11) is 1.63. The third-order valence-electron chi connectivity index (χ3n) is 4.75. The molecule has 0 bridgehead atoms. The number of nitrogens with one attached hydrogen (secondary N) is 2. The number of amides is 1. The second kappa shape index (κ2) is 8.12. The number of nitrogens with zero attached hydrogens (tertiary/aromatic N) is 3. The third-order valence-corrected chi connectivity index (χ3v) is 4.75. The number of rotatable bonds is 6. The molecule has 144 valence electrons. The van der Waals surface area contributed by atoms with Crippen LogP contribution >= 0.6 is 0 Å². The fourth-order valence-corrected chi connectivity index (χ4v) is 3.31. The van der Waals surface area contributed by atoms with Crippen LogP contribution in [0.2, 0.25) is 0 Å². The second-order valence-corrected chi connectivity index (χ2v) is 6.72. The molecule has 2 heterocycles. The Bertz CT molecular complexity index is 971. The van der Waals surface area contributed by atoms with E-state index in [1.807, 2.05) is 48.5 Å². The highest BCUT2D eigenvalue weighted by atomic mass is 16.5. The van der Waals surface area contributed by atoms with Gasteiger partial charge < -0.3 is 20.3 Å². The van der Waals surface area contributed by atoms with Crippen molar-refractivity contribution in [2.75, 3.05) is 42.3 Å². The van der Waals surface area contributed by atoms with Gasteiger partial charge in [-0.3, -0.25) is 4.79 Å². The highest BCUT2D eigenvalue weighted by molar-refractivity contribution is 5.96. The largest absolute Gasteiger partial charge is 0.497 e.